The Balaban J connectivity index is 1.99. The zero-order chi connectivity index (χ0) is 20.0. The largest absolute Gasteiger partial charge is 0.497 e. The number of ether oxygens (including phenoxy) is 2. The highest BCUT2D eigenvalue weighted by atomic mass is 16.5. The summed E-state index contributed by atoms with van der Waals surface area (Å²) in [4.78, 5) is 36.3. The van der Waals surface area contributed by atoms with Gasteiger partial charge in [-0.2, -0.15) is 0 Å². The minimum absolute atomic E-state index is 0.101. The molecule has 0 radical (unpaired) electrons. The second kappa shape index (κ2) is 8.98. The van der Waals surface area contributed by atoms with Gasteiger partial charge in [0.15, 0.2) is 6.10 Å². The predicted octanol–water partition coefficient (Wildman–Crippen LogP) is 3.72. The van der Waals surface area contributed by atoms with Gasteiger partial charge in [0.25, 0.3) is 0 Å². The van der Waals surface area contributed by atoms with Crippen LogP contribution in [0.15, 0.2) is 48.5 Å². The molecule has 0 bridgehead atoms. The molecule has 1 amide bonds. The zero-order valence-corrected chi connectivity index (χ0v) is 15.8. The lowest BCUT2D eigenvalue weighted by molar-refractivity contribution is -0.118. The average Bonchev–Trinajstić information content (AvgIpc) is 2.67. The average molecular weight is 369 g/mol. The first-order chi connectivity index (χ1) is 12.8. The molecule has 2 rings (SSSR count). The number of benzene rings is 2. The van der Waals surface area contributed by atoms with Gasteiger partial charge in [-0.25, -0.2) is 4.79 Å². The smallest absolute Gasteiger partial charge is 0.338 e. The van der Waals surface area contributed by atoms with Crippen LogP contribution in [-0.2, 0) is 9.53 Å². The van der Waals surface area contributed by atoms with Gasteiger partial charge in [-0.1, -0.05) is 13.8 Å². The first kappa shape index (κ1) is 20.2. The Hall–Kier alpha value is -3.15. The number of ketones is 1. The molecule has 0 saturated heterocycles. The van der Waals surface area contributed by atoms with E-state index in [0.29, 0.717) is 22.6 Å². The van der Waals surface area contributed by atoms with Crippen molar-refractivity contribution in [1.82, 2.24) is 0 Å². The molecule has 6 nitrogen and oxygen atoms in total. The predicted molar refractivity (Wildman–Crippen MR) is 102 cm³/mol. The van der Waals surface area contributed by atoms with Gasteiger partial charge in [0.2, 0.25) is 11.7 Å². The molecule has 0 aliphatic carbocycles. The van der Waals surface area contributed by atoms with Crippen LogP contribution >= 0.6 is 0 Å². The van der Waals surface area contributed by atoms with Gasteiger partial charge in [0.1, 0.15) is 5.75 Å². The van der Waals surface area contributed by atoms with Gasteiger partial charge in [-0.3, -0.25) is 9.59 Å². The summed E-state index contributed by atoms with van der Waals surface area (Å²) in [5.41, 5.74) is 1.34. The quantitative estimate of drug-likeness (QED) is 0.594. The number of rotatable bonds is 7. The van der Waals surface area contributed by atoms with Crippen LogP contribution in [0, 0.1) is 5.92 Å². The lowest BCUT2D eigenvalue weighted by atomic mass is 10.1. The van der Waals surface area contributed by atoms with E-state index in [9.17, 15) is 14.4 Å². The molecular formula is C21H23NO5. The molecule has 0 aliphatic rings. The summed E-state index contributed by atoms with van der Waals surface area (Å²) in [6, 6.07) is 12.9. The van der Waals surface area contributed by atoms with Gasteiger partial charge >= 0.3 is 5.97 Å². The highest BCUT2D eigenvalue weighted by Crippen LogP contribution is 2.16. The second-order valence-corrected chi connectivity index (χ2v) is 6.36. The van der Waals surface area contributed by atoms with Gasteiger partial charge in [0.05, 0.1) is 12.7 Å². The first-order valence-corrected chi connectivity index (χ1v) is 8.62. The van der Waals surface area contributed by atoms with Crippen LogP contribution in [0.5, 0.6) is 5.75 Å². The molecule has 0 aliphatic heterocycles. The molecule has 2 aromatic carbocycles. The highest BCUT2D eigenvalue weighted by Gasteiger charge is 2.20. The summed E-state index contributed by atoms with van der Waals surface area (Å²) in [5.74, 6) is -0.516. The summed E-state index contributed by atoms with van der Waals surface area (Å²) in [7, 11) is 1.54. The third-order valence-electron chi connectivity index (χ3n) is 3.94. The Morgan fingerprint density at radius 3 is 1.93 bits per heavy atom. The summed E-state index contributed by atoms with van der Waals surface area (Å²) >= 11 is 0. The fourth-order valence-electron chi connectivity index (χ4n) is 2.25. The number of Topliss-reactive ketones (excluding diaryl/α,β-unsaturated/α-hetero) is 1. The van der Waals surface area contributed by atoms with Crippen LogP contribution in [0.25, 0.3) is 0 Å². The molecule has 27 heavy (non-hydrogen) atoms. The molecule has 0 saturated carbocycles. The van der Waals surface area contributed by atoms with Gasteiger partial charge in [0, 0.05) is 17.2 Å². The fraction of sp³-hybridized carbons (Fsp3) is 0.286. The number of hydrogen-bond acceptors (Lipinski definition) is 5. The first-order valence-electron chi connectivity index (χ1n) is 8.62. The number of carbonyl (C=O) groups is 3. The van der Waals surface area contributed by atoms with E-state index >= 15 is 0 Å². The highest BCUT2D eigenvalue weighted by molar-refractivity contribution is 6.02. The monoisotopic (exact) mass is 369 g/mol. The SMILES string of the molecule is COc1ccc(C(=O)OC(C)C(=O)c2ccc(NC(=O)C(C)C)cc2)cc1. The number of amides is 1. The molecule has 0 spiro atoms. The van der Waals surface area contributed by atoms with Crippen LogP contribution < -0.4 is 10.1 Å². The zero-order valence-electron chi connectivity index (χ0n) is 15.8. The topological polar surface area (TPSA) is 81.7 Å². The molecule has 0 fully saturated rings. The number of carbonyl (C=O) groups excluding carboxylic acids is 3. The minimum atomic E-state index is -0.935. The molecule has 1 unspecified atom stereocenters. The Morgan fingerprint density at radius 2 is 1.41 bits per heavy atom. The third kappa shape index (κ3) is 5.41. The maximum Gasteiger partial charge on any atom is 0.338 e. The minimum Gasteiger partial charge on any atom is -0.497 e. The maximum atomic E-state index is 12.5. The van der Waals surface area contributed by atoms with Crippen molar-refractivity contribution in [2.45, 2.75) is 26.9 Å². The van der Waals surface area contributed by atoms with Crippen LogP contribution in [0.4, 0.5) is 5.69 Å². The standard InChI is InChI=1S/C21H23NO5/c1-13(2)20(24)22-17-9-5-15(6-10-17)19(23)14(3)27-21(25)16-7-11-18(26-4)12-8-16/h5-14H,1-4H3,(H,22,24). The van der Waals surface area contributed by atoms with Crippen LogP contribution in [-0.4, -0.2) is 30.9 Å². The summed E-state index contributed by atoms with van der Waals surface area (Å²) < 4.78 is 10.3. The van der Waals surface area contributed by atoms with Gasteiger partial charge in [-0.15, -0.1) is 0 Å². The van der Waals surface area contributed by atoms with Crippen LogP contribution in [0.2, 0.25) is 0 Å². The molecule has 2 aromatic rings. The summed E-state index contributed by atoms with van der Waals surface area (Å²) in [6.45, 7) is 5.12. The molecule has 0 heterocycles. The van der Waals surface area contributed by atoms with E-state index in [4.69, 9.17) is 9.47 Å². The number of anilines is 1. The Kier molecular flexibility index (Phi) is 6.71. The number of hydrogen-bond donors (Lipinski definition) is 1. The molecule has 142 valence electrons. The van der Waals surface area contributed by atoms with E-state index in [-0.39, 0.29) is 17.6 Å². The lowest BCUT2D eigenvalue weighted by Gasteiger charge is -2.13. The molecular weight excluding hydrogens is 346 g/mol. The van der Waals surface area contributed by atoms with Crippen molar-refractivity contribution in [3.63, 3.8) is 0 Å². The van der Waals surface area contributed by atoms with E-state index in [1.807, 2.05) is 0 Å². The van der Waals surface area contributed by atoms with E-state index in [0.717, 1.165) is 0 Å². The van der Waals surface area contributed by atoms with Crippen molar-refractivity contribution in [2.24, 2.45) is 5.92 Å². The van der Waals surface area contributed by atoms with E-state index in [1.54, 1.807) is 62.4 Å². The van der Waals surface area contributed by atoms with Gasteiger partial charge in [-0.05, 0) is 55.5 Å². The molecule has 0 aromatic heterocycles. The Labute approximate surface area is 158 Å². The fourth-order valence-corrected chi connectivity index (χ4v) is 2.25. The van der Waals surface area contributed by atoms with E-state index in [2.05, 4.69) is 5.32 Å². The normalized spacial score (nSPS) is 11.6. The Morgan fingerprint density at radius 1 is 0.852 bits per heavy atom. The van der Waals surface area contributed by atoms with Crippen molar-refractivity contribution in [1.29, 1.82) is 0 Å². The summed E-state index contributed by atoms with van der Waals surface area (Å²) in [5, 5.41) is 2.75. The molecule has 1 atom stereocenters. The lowest BCUT2D eigenvalue weighted by Crippen LogP contribution is -2.24. The third-order valence-corrected chi connectivity index (χ3v) is 3.94. The number of nitrogens with one attached hydrogen (secondary N) is 1. The van der Waals surface area contributed by atoms with E-state index in [1.165, 1.54) is 14.0 Å². The Bertz CT molecular complexity index is 809. The molecule has 1 N–H and O–H groups in total. The van der Waals surface area contributed by atoms with Crippen LogP contribution in [0.1, 0.15) is 41.5 Å². The summed E-state index contributed by atoms with van der Waals surface area (Å²) in [6.07, 6.45) is -0.935. The van der Waals surface area contributed by atoms with Crippen LogP contribution in [0.3, 0.4) is 0 Å². The molecule has 6 heteroatoms. The second-order valence-electron chi connectivity index (χ2n) is 6.36. The number of methoxy groups -OCH3 is 1. The van der Waals surface area contributed by atoms with Crippen molar-refractivity contribution < 1.29 is 23.9 Å². The van der Waals surface area contributed by atoms with Crippen molar-refractivity contribution >= 4 is 23.3 Å². The number of esters is 1. The van der Waals surface area contributed by atoms with Crippen molar-refractivity contribution in [2.75, 3.05) is 12.4 Å². The van der Waals surface area contributed by atoms with Gasteiger partial charge < -0.3 is 14.8 Å². The van der Waals surface area contributed by atoms with E-state index < -0.39 is 12.1 Å². The van der Waals surface area contributed by atoms with Crippen molar-refractivity contribution in [3.8, 4) is 5.75 Å². The maximum absolute atomic E-state index is 12.5. The van der Waals surface area contributed by atoms with Crippen molar-refractivity contribution in [3.05, 3.63) is 59.7 Å².